The molecule has 0 aliphatic heterocycles. The quantitative estimate of drug-likeness (QED) is 0.621. The van der Waals surface area contributed by atoms with Crippen molar-refractivity contribution in [2.24, 2.45) is 0 Å². The van der Waals surface area contributed by atoms with Gasteiger partial charge in [0.2, 0.25) is 15.9 Å². The van der Waals surface area contributed by atoms with Crippen molar-refractivity contribution in [3.05, 3.63) is 64.1 Å². The number of hydrogen-bond donors (Lipinski definition) is 2. The number of nitrogens with one attached hydrogen (secondary N) is 2. The van der Waals surface area contributed by atoms with Gasteiger partial charge in [-0.2, -0.15) is 4.31 Å². The van der Waals surface area contributed by atoms with Gasteiger partial charge in [0.1, 0.15) is 0 Å². The molecule has 2 amide bonds. The molecule has 0 unspecified atom stereocenters. The fourth-order valence-electron chi connectivity index (χ4n) is 3.00. The van der Waals surface area contributed by atoms with E-state index in [1.165, 1.54) is 19.2 Å². The monoisotopic (exact) mass is 479 g/mol. The van der Waals surface area contributed by atoms with E-state index >= 15 is 0 Å². The first-order valence-electron chi connectivity index (χ1n) is 9.03. The number of likely N-dealkylation sites (N-methyl/N-ethyl adjacent to an activating group) is 1. The second-order valence-electron chi connectivity index (χ2n) is 7.17. The highest BCUT2D eigenvalue weighted by Crippen LogP contribution is 2.48. The Labute approximate surface area is 178 Å². The summed E-state index contributed by atoms with van der Waals surface area (Å²) in [7, 11) is -2.48. The van der Waals surface area contributed by atoms with Crippen molar-refractivity contribution in [3.8, 4) is 0 Å². The molecule has 7 nitrogen and oxygen atoms in total. The second-order valence-corrected chi connectivity index (χ2v) is 10.1. The van der Waals surface area contributed by atoms with E-state index in [1.807, 2.05) is 31.2 Å². The molecular weight excluding hydrogens is 458 g/mol. The number of carbonyl (C=O) groups is 2. The normalized spacial score (nSPS) is 15.0. The fourth-order valence-corrected chi connectivity index (χ4v) is 4.40. The van der Waals surface area contributed by atoms with Crippen LogP contribution < -0.4 is 10.9 Å². The van der Waals surface area contributed by atoms with Crippen LogP contribution in [-0.2, 0) is 25.0 Å². The van der Waals surface area contributed by atoms with Gasteiger partial charge >= 0.3 is 0 Å². The summed E-state index contributed by atoms with van der Waals surface area (Å²) in [6.07, 6.45) is 1.39. The highest BCUT2D eigenvalue weighted by atomic mass is 79.9. The lowest BCUT2D eigenvalue weighted by molar-refractivity contribution is -0.130. The van der Waals surface area contributed by atoms with E-state index in [0.717, 1.165) is 19.9 Å². The maximum absolute atomic E-state index is 12.6. The highest BCUT2D eigenvalue weighted by molar-refractivity contribution is 9.10. The molecule has 1 saturated carbocycles. The Morgan fingerprint density at radius 2 is 1.62 bits per heavy atom. The summed E-state index contributed by atoms with van der Waals surface area (Å²) < 4.78 is 27.0. The zero-order valence-corrected chi connectivity index (χ0v) is 18.5. The summed E-state index contributed by atoms with van der Waals surface area (Å²) in [6, 6.07) is 13.9. The van der Waals surface area contributed by atoms with E-state index in [0.29, 0.717) is 12.8 Å². The molecule has 154 valence electrons. The van der Waals surface area contributed by atoms with E-state index in [4.69, 9.17) is 0 Å². The van der Waals surface area contributed by atoms with E-state index in [9.17, 15) is 18.0 Å². The van der Waals surface area contributed by atoms with E-state index in [2.05, 4.69) is 26.8 Å². The fraction of sp³-hybridized carbons (Fsp3) is 0.300. The number of nitrogens with zero attached hydrogens (tertiary/aromatic N) is 1. The van der Waals surface area contributed by atoms with Crippen molar-refractivity contribution in [1.82, 2.24) is 15.2 Å². The van der Waals surface area contributed by atoms with E-state index in [-0.39, 0.29) is 10.8 Å². The Balaban J connectivity index is 1.57. The van der Waals surface area contributed by atoms with Crippen LogP contribution in [0.1, 0.15) is 24.0 Å². The number of aryl methyl sites for hydroxylation is 1. The minimum Gasteiger partial charge on any atom is -0.272 e. The predicted octanol–water partition coefficient (Wildman–Crippen LogP) is 2.26. The third-order valence-corrected chi connectivity index (χ3v) is 7.34. The maximum atomic E-state index is 12.6. The zero-order valence-electron chi connectivity index (χ0n) is 16.1. The molecule has 0 heterocycles. The molecule has 9 heteroatoms. The Morgan fingerprint density at radius 1 is 1.03 bits per heavy atom. The summed E-state index contributed by atoms with van der Waals surface area (Å²) in [5, 5.41) is 0. The molecule has 2 aromatic carbocycles. The highest BCUT2D eigenvalue weighted by Gasteiger charge is 2.51. The van der Waals surface area contributed by atoms with Crippen LogP contribution >= 0.6 is 15.9 Å². The van der Waals surface area contributed by atoms with E-state index in [1.54, 1.807) is 12.1 Å². The lowest BCUT2D eigenvalue weighted by Crippen LogP contribution is -2.49. The van der Waals surface area contributed by atoms with Gasteiger partial charge in [0, 0.05) is 11.5 Å². The Morgan fingerprint density at radius 3 is 2.17 bits per heavy atom. The topological polar surface area (TPSA) is 95.6 Å². The number of halogens is 1. The van der Waals surface area contributed by atoms with Crippen LogP contribution in [0.5, 0.6) is 0 Å². The van der Waals surface area contributed by atoms with E-state index < -0.39 is 27.9 Å². The average molecular weight is 480 g/mol. The predicted molar refractivity (Wildman–Crippen MR) is 112 cm³/mol. The van der Waals surface area contributed by atoms with Crippen LogP contribution in [0.2, 0.25) is 0 Å². The smallest absolute Gasteiger partial charge is 0.253 e. The van der Waals surface area contributed by atoms with Gasteiger partial charge in [-0.25, -0.2) is 8.42 Å². The molecule has 0 bridgehead atoms. The molecule has 2 aromatic rings. The zero-order chi connectivity index (χ0) is 21.2. The molecular formula is C20H22BrN3O4S. The number of rotatable bonds is 6. The van der Waals surface area contributed by atoms with Gasteiger partial charge in [0.05, 0.1) is 16.9 Å². The third-order valence-electron chi connectivity index (χ3n) is 4.99. The van der Waals surface area contributed by atoms with Crippen molar-refractivity contribution in [2.45, 2.75) is 30.1 Å². The minimum atomic E-state index is -3.80. The minimum absolute atomic E-state index is 0.106. The standard InChI is InChI=1S/C20H22BrN3O4S/c1-14-3-9-17(10-4-14)29(27,28)24(2)13-18(25)22-23-19(26)20(11-12-20)15-5-7-16(21)8-6-15/h3-10H,11-13H2,1-2H3,(H,22,25)(H,23,26). The summed E-state index contributed by atoms with van der Waals surface area (Å²) >= 11 is 3.37. The maximum Gasteiger partial charge on any atom is 0.253 e. The van der Waals surface area contributed by atoms with Crippen molar-refractivity contribution < 1.29 is 18.0 Å². The SMILES string of the molecule is Cc1ccc(S(=O)(=O)N(C)CC(=O)NNC(=O)C2(c3ccc(Br)cc3)CC2)cc1. The average Bonchev–Trinajstić information content (AvgIpc) is 3.49. The summed E-state index contributed by atoms with van der Waals surface area (Å²) in [5.74, 6) is -0.930. The number of amides is 2. The Hall–Kier alpha value is -2.23. The largest absolute Gasteiger partial charge is 0.272 e. The number of sulfonamides is 1. The van der Waals surface area contributed by atoms with Gasteiger partial charge in [-0.05, 0) is 49.6 Å². The Bertz CT molecular complexity index is 1020. The number of hydrogen-bond acceptors (Lipinski definition) is 4. The second kappa shape index (κ2) is 8.25. The van der Waals surface area contributed by atoms with Crippen molar-refractivity contribution in [2.75, 3.05) is 13.6 Å². The molecule has 0 saturated heterocycles. The molecule has 0 aromatic heterocycles. The Kier molecular flexibility index (Phi) is 6.11. The van der Waals surface area contributed by atoms with Gasteiger partial charge in [-0.1, -0.05) is 45.8 Å². The number of benzene rings is 2. The van der Waals surface area contributed by atoms with Crippen molar-refractivity contribution in [1.29, 1.82) is 0 Å². The van der Waals surface area contributed by atoms with Gasteiger partial charge in [-0.3, -0.25) is 20.4 Å². The van der Waals surface area contributed by atoms with Gasteiger partial charge in [0.15, 0.2) is 0 Å². The van der Waals surface area contributed by atoms with Crippen LogP contribution in [0.4, 0.5) is 0 Å². The van der Waals surface area contributed by atoms with Crippen LogP contribution in [0, 0.1) is 6.92 Å². The summed E-state index contributed by atoms with van der Waals surface area (Å²) in [6.45, 7) is 1.44. The third kappa shape index (κ3) is 4.68. The lowest BCUT2D eigenvalue weighted by Gasteiger charge is -2.19. The van der Waals surface area contributed by atoms with Crippen LogP contribution in [-0.4, -0.2) is 38.1 Å². The number of hydrazine groups is 1. The van der Waals surface area contributed by atoms with Gasteiger partial charge in [-0.15, -0.1) is 0 Å². The molecule has 0 atom stereocenters. The first kappa shape index (κ1) is 21.5. The number of carbonyl (C=O) groups excluding carboxylic acids is 2. The molecule has 1 aliphatic rings. The first-order valence-corrected chi connectivity index (χ1v) is 11.3. The van der Waals surface area contributed by atoms with Crippen LogP contribution in [0.25, 0.3) is 0 Å². The molecule has 29 heavy (non-hydrogen) atoms. The summed E-state index contributed by atoms with van der Waals surface area (Å²) in [5.41, 5.74) is 5.92. The van der Waals surface area contributed by atoms with Crippen LogP contribution in [0.3, 0.4) is 0 Å². The molecule has 3 rings (SSSR count). The molecule has 1 aliphatic carbocycles. The van der Waals surface area contributed by atoms with Crippen molar-refractivity contribution in [3.63, 3.8) is 0 Å². The molecule has 2 N–H and O–H groups in total. The van der Waals surface area contributed by atoms with Gasteiger partial charge in [0.25, 0.3) is 5.91 Å². The molecule has 0 radical (unpaired) electrons. The molecule has 1 fully saturated rings. The molecule has 0 spiro atoms. The van der Waals surface area contributed by atoms with Crippen LogP contribution in [0.15, 0.2) is 57.9 Å². The lowest BCUT2D eigenvalue weighted by atomic mass is 9.95. The summed E-state index contributed by atoms with van der Waals surface area (Å²) in [4.78, 5) is 24.9. The van der Waals surface area contributed by atoms with Crippen molar-refractivity contribution >= 4 is 37.8 Å². The van der Waals surface area contributed by atoms with Gasteiger partial charge < -0.3 is 0 Å². The first-order chi connectivity index (χ1) is 13.6.